The van der Waals surface area contributed by atoms with E-state index in [9.17, 15) is 14.7 Å². The molecule has 0 saturated carbocycles. The van der Waals surface area contributed by atoms with E-state index < -0.39 is 5.97 Å². The molecule has 0 aromatic heterocycles. The van der Waals surface area contributed by atoms with Crippen molar-refractivity contribution in [2.75, 3.05) is 31.2 Å². The summed E-state index contributed by atoms with van der Waals surface area (Å²) >= 11 is 0. The lowest BCUT2D eigenvalue weighted by Crippen LogP contribution is -2.35. The zero-order valence-electron chi connectivity index (χ0n) is 21.3. The van der Waals surface area contributed by atoms with E-state index in [0.717, 1.165) is 66.5 Å². The Kier molecular flexibility index (Phi) is 7.63. The Labute approximate surface area is 222 Å². The van der Waals surface area contributed by atoms with E-state index in [1.807, 2.05) is 91.9 Å². The van der Waals surface area contributed by atoms with Crippen molar-refractivity contribution in [1.82, 2.24) is 4.90 Å². The molecular formula is C32H30N2O4. The van der Waals surface area contributed by atoms with Crippen LogP contribution >= 0.6 is 0 Å². The summed E-state index contributed by atoms with van der Waals surface area (Å²) in [6, 6.07) is 30.2. The zero-order chi connectivity index (χ0) is 26.5. The van der Waals surface area contributed by atoms with Crippen LogP contribution in [-0.2, 0) is 11.3 Å². The second kappa shape index (κ2) is 11.4. The normalized spacial score (nSPS) is 13.7. The molecular weight excluding hydrogens is 476 g/mol. The van der Waals surface area contributed by atoms with Gasteiger partial charge in [-0.25, -0.2) is 4.79 Å². The number of carboxylic acid groups (broad SMARTS) is 1. The molecule has 0 bridgehead atoms. The Morgan fingerprint density at radius 1 is 0.816 bits per heavy atom. The Balaban J connectivity index is 1.43. The van der Waals surface area contributed by atoms with Gasteiger partial charge in [-0.3, -0.25) is 14.6 Å². The fourth-order valence-corrected chi connectivity index (χ4v) is 4.72. The molecule has 4 aromatic rings. The van der Waals surface area contributed by atoms with Gasteiger partial charge in [0.05, 0.1) is 18.8 Å². The van der Waals surface area contributed by atoms with Crippen LogP contribution in [0.2, 0.25) is 0 Å². The maximum Gasteiger partial charge on any atom is 0.335 e. The van der Waals surface area contributed by atoms with E-state index in [1.54, 1.807) is 17.0 Å². The standard InChI is InChI=1S/C32H30N2O4/c1-23-7-10-27(32(36)37)21-30(23)25-13-15-29(16-14-25)34(28-5-3-2-4-6-28)31(35)26-11-8-24(9-12-26)22-33-17-19-38-20-18-33/h2-16,21H,17-20,22H2,1H3,(H,36,37). The quantitative estimate of drug-likeness (QED) is 0.325. The third-order valence-corrected chi connectivity index (χ3v) is 6.85. The predicted octanol–water partition coefficient (Wildman–Crippen LogP) is 6.17. The third-order valence-electron chi connectivity index (χ3n) is 6.85. The number of rotatable bonds is 7. The number of anilines is 2. The summed E-state index contributed by atoms with van der Waals surface area (Å²) in [6.07, 6.45) is 0. The molecule has 0 radical (unpaired) electrons. The van der Waals surface area contributed by atoms with Crippen LogP contribution in [0.25, 0.3) is 11.1 Å². The number of hydrogen-bond donors (Lipinski definition) is 1. The van der Waals surface area contributed by atoms with Crippen LogP contribution in [0.5, 0.6) is 0 Å². The number of hydrogen-bond acceptors (Lipinski definition) is 4. The molecule has 1 amide bonds. The minimum atomic E-state index is -0.959. The van der Waals surface area contributed by atoms with Crippen molar-refractivity contribution in [2.24, 2.45) is 0 Å². The number of carbonyl (C=O) groups is 2. The van der Waals surface area contributed by atoms with E-state index in [4.69, 9.17) is 4.74 Å². The van der Waals surface area contributed by atoms with Gasteiger partial charge >= 0.3 is 5.97 Å². The van der Waals surface area contributed by atoms with Gasteiger partial charge in [-0.2, -0.15) is 0 Å². The van der Waals surface area contributed by atoms with E-state index in [-0.39, 0.29) is 11.5 Å². The van der Waals surface area contributed by atoms with Crippen LogP contribution in [-0.4, -0.2) is 48.2 Å². The van der Waals surface area contributed by atoms with E-state index in [0.29, 0.717) is 5.56 Å². The van der Waals surface area contributed by atoms with Gasteiger partial charge in [-0.1, -0.05) is 48.5 Å². The van der Waals surface area contributed by atoms with Gasteiger partial charge < -0.3 is 9.84 Å². The van der Waals surface area contributed by atoms with Crippen molar-refractivity contribution in [3.63, 3.8) is 0 Å². The number of carbonyl (C=O) groups excluding carboxylic acids is 1. The smallest absolute Gasteiger partial charge is 0.335 e. The first-order valence-corrected chi connectivity index (χ1v) is 12.7. The fourth-order valence-electron chi connectivity index (χ4n) is 4.72. The number of nitrogens with zero attached hydrogens (tertiary/aromatic N) is 2. The molecule has 1 saturated heterocycles. The second-order valence-corrected chi connectivity index (χ2v) is 9.44. The van der Waals surface area contributed by atoms with Crippen molar-refractivity contribution in [1.29, 1.82) is 0 Å². The molecule has 1 aliphatic rings. The second-order valence-electron chi connectivity index (χ2n) is 9.44. The summed E-state index contributed by atoms with van der Waals surface area (Å²) in [5.74, 6) is -1.08. The van der Waals surface area contributed by atoms with Gasteiger partial charge in [0.1, 0.15) is 0 Å². The number of amides is 1. The van der Waals surface area contributed by atoms with Gasteiger partial charge in [0.15, 0.2) is 0 Å². The van der Waals surface area contributed by atoms with E-state index in [1.165, 1.54) is 0 Å². The molecule has 1 N–H and O–H groups in total. The monoisotopic (exact) mass is 506 g/mol. The van der Waals surface area contributed by atoms with Crippen LogP contribution in [0.4, 0.5) is 11.4 Å². The maximum atomic E-state index is 13.8. The molecule has 1 heterocycles. The largest absolute Gasteiger partial charge is 0.478 e. The Morgan fingerprint density at radius 2 is 1.45 bits per heavy atom. The van der Waals surface area contributed by atoms with Gasteiger partial charge in [0.25, 0.3) is 5.91 Å². The molecule has 0 unspecified atom stereocenters. The first-order chi connectivity index (χ1) is 18.5. The summed E-state index contributed by atoms with van der Waals surface area (Å²) in [5.41, 5.74) is 6.24. The molecule has 4 aromatic carbocycles. The maximum absolute atomic E-state index is 13.8. The van der Waals surface area contributed by atoms with Crippen LogP contribution < -0.4 is 4.90 Å². The van der Waals surface area contributed by atoms with Gasteiger partial charge in [-0.05, 0) is 77.7 Å². The lowest BCUT2D eigenvalue weighted by atomic mass is 9.97. The Hall–Kier alpha value is -4.26. The third kappa shape index (κ3) is 5.67. The van der Waals surface area contributed by atoms with Crippen molar-refractivity contribution in [3.05, 3.63) is 119 Å². The summed E-state index contributed by atoms with van der Waals surface area (Å²) in [6.45, 7) is 6.14. The summed E-state index contributed by atoms with van der Waals surface area (Å²) in [5, 5.41) is 9.41. The van der Waals surface area contributed by atoms with Gasteiger partial charge in [0, 0.05) is 36.6 Å². The van der Waals surface area contributed by atoms with Crippen molar-refractivity contribution < 1.29 is 19.4 Å². The van der Waals surface area contributed by atoms with Gasteiger partial charge in [0.2, 0.25) is 0 Å². The highest BCUT2D eigenvalue weighted by Crippen LogP contribution is 2.31. The fraction of sp³-hybridized carbons (Fsp3) is 0.188. The summed E-state index contributed by atoms with van der Waals surface area (Å²) in [7, 11) is 0. The molecule has 0 atom stereocenters. The summed E-state index contributed by atoms with van der Waals surface area (Å²) in [4.78, 5) is 29.3. The lowest BCUT2D eigenvalue weighted by molar-refractivity contribution is 0.0342. The molecule has 6 nitrogen and oxygen atoms in total. The van der Waals surface area contributed by atoms with E-state index >= 15 is 0 Å². The molecule has 0 spiro atoms. The SMILES string of the molecule is Cc1ccc(C(=O)O)cc1-c1ccc(N(C(=O)c2ccc(CN3CCOCC3)cc2)c2ccccc2)cc1. The Morgan fingerprint density at radius 3 is 2.11 bits per heavy atom. The molecule has 5 rings (SSSR count). The number of carboxylic acids is 1. The van der Waals surface area contributed by atoms with Crippen molar-refractivity contribution in [3.8, 4) is 11.1 Å². The molecule has 1 aliphatic heterocycles. The van der Waals surface area contributed by atoms with Crippen LogP contribution in [0.15, 0.2) is 97.1 Å². The van der Waals surface area contributed by atoms with Crippen molar-refractivity contribution in [2.45, 2.75) is 13.5 Å². The number of aryl methyl sites for hydroxylation is 1. The molecule has 192 valence electrons. The molecule has 6 heteroatoms. The highest BCUT2D eigenvalue weighted by molar-refractivity contribution is 6.11. The number of morpholine rings is 1. The van der Waals surface area contributed by atoms with Crippen LogP contribution in [0.1, 0.15) is 31.8 Å². The topological polar surface area (TPSA) is 70.1 Å². The van der Waals surface area contributed by atoms with E-state index in [2.05, 4.69) is 4.90 Å². The molecule has 38 heavy (non-hydrogen) atoms. The van der Waals surface area contributed by atoms with Gasteiger partial charge in [-0.15, -0.1) is 0 Å². The minimum absolute atomic E-state index is 0.120. The van der Waals surface area contributed by atoms with Crippen LogP contribution in [0.3, 0.4) is 0 Å². The summed E-state index contributed by atoms with van der Waals surface area (Å²) < 4.78 is 5.44. The first-order valence-electron chi connectivity index (χ1n) is 12.7. The zero-order valence-corrected chi connectivity index (χ0v) is 21.3. The minimum Gasteiger partial charge on any atom is -0.478 e. The first kappa shape index (κ1) is 25.4. The average molecular weight is 507 g/mol. The predicted molar refractivity (Wildman–Crippen MR) is 149 cm³/mol. The molecule has 1 fully saturated rings. The number of aromatic carboxylic acids is 1. The number of ether oxygens (including phenoxy) is 1. The van der Waals surface area contributed by atoms with Crippen LogP contribution in [0, 0.1) is 6.92 Å². The molecule has 0 aliphatic carbocycles. The Bertz CT molecular complexity index is 1410. The van der Waals surface area contributed by atoms with Crippen molar-refractivity contribution >= 4 is 23.3 Å². The average Bonchev–Trinajstić information content (AvgIpc) is 2.95. The highest BCUT2D eigenvalue weighted by atomic mass is 16.5. The number of benzene rings is 4. The number of para-hydroxylation sites is 1. The highest BCUT2D eigenvalue weighted by Gasteiger charge is 2.20. The lowest BCUT2D eigenvalue weighted by Gasteiger charge is -2.26.